The van der Waals surface area contributed by atoms with Crippen molar-refractivity contribution in [2.45, 2.75) is 12.8 Å². The van der Waals surface area contributed by atoms with Crippen molar-refractivity contribution in [1.82, 2.24) is 0 Å². The van der Waals surface area contributed by atoms with Crippen LogP contribution in [0.25, 0.3) is 0 Å². The lowest BCUT2D eigenvalue weighted by molar-refractivity contribution is -0.107. The summed E-state index contributed by atoms with van der Waals surface area (Å²) < 4.78 is 5.15. The van der Waals surface area contributed by atoms with Crippen molar-refractivity contribution in [3.8, 4) is 0 Å². The zero-order valence-corrected chi connectivity index (χ0v) is 6.01. The first kappa shape index (κ1) is 7.48. The van der Waals surface area contributed by atoms with Gasteiger partial charge in [0, 0.05) is 18.9 Å². The van der Waals surface area contributed by atoms with Crippen molar-refractivity contribution in [1.29, 1.82) is 0 Å². The Labute approximate surface area is 60.9 Å². The molecule has 1 heterocycles. The molecule has 1 unspecified atom stereocenters. The highest BCUT2D eigenvalue weighted by atomic mass is 16.5. The van der Waals surface area contributed by atoms with Crippen molar-refractivity contribution in [2.75, 3.05) is 13.2 Å². The van der Waals surface area contributed by atoms with E-state index in [-0.39, 0.29) is 0 Å². The minimum absolute atomic E-state index is 0.435. The van der Waals surface area contributed by atoms with Gasteiger partial charge >= 0.3 is 0 Å². The summed E-state index contributed by atoms with van der Waals surface area (Å²) in [6.07, 6.45) is 2.43. The van der Waals surface area contributed by atoms with Gasteiger partial charge in [-0.25, -0.2) is 0 Å². The Morgan fingerprint density at radius 3 is 3.10 bits per heavy atom. The third-order valence-corrected chi connectivity index (χ3v) is 1.85. The molecular formula is C8H12O2. The van der Waals surface area contributed by atoms with Gasteiger partial charge in [0.25, 0.3) is 0 Å². The average molecular weight is 140 g/mol. The summed E-state index contributed by atoms with van der Waals surface area (Å²) in [6, 6.07) is 0. The number of hydrogen-bond acceptors (Lipinski definition) is 2. The monoisotopic (exact) mass is 140 g/mol. The molecule has 1 aliphatic rings. The number of rotatable bonds is 3. The predicted octanol–water partition coefficient (Wildman–Crippen LogP) is 1.17. The molecule has 0 aromatic rings. The number of hydrogen-bond donors (Lipinski definition) is 0. The van der Waals surface area contributed by atoms with Gasteiger partial charge in [-0.15, -0.1) is 0 Å². The summed E-state index contributed by atoms with van der Waals surface area (Å²) in [5, 5.41) is 0. The average Bonchev–Trinajstić information content (AvgIpc) is 2.38. The lowest BCUT2D eigenvalue weighted by Gasteiger charge is -2.06. The second-order valence-electron chi connectivity index (χ2n) is 2.59. The summed E-state index contributed by atoms with van der Waals surface area (Å²) >= 11 is 0. The van der Waals surface area contributed by atoms with E-state index in [4.69, 9.17) is 4.74 Å². The highest BCUT2D eigenvalue weighted by molar-refractivity contribution is 5.54. The zero-order chi connectivity index (χ0) is 7.40. The van der Waals surface area contributed by atoms with E-state index in [9.17, 15) is 4.79 Å². The number of aldehydes is 1. The zero-order valence-electron chi connectivity index (χ0n) is 6.01. The van der Waals surface area contributed by atoms with Crippen molar-refractivity contribution in [3.05, 3.63) is 12.2 Å². The number of ether oxygens (including phenoxy) is 1. The van der Waals surface area contributed by atoms with Crippen LogP contribution >= 0.6 is 0 Å². The predicted molar refractivity (Wildman–Crippen MR) is 38.7 cm³/mol. The lowest BCUT2D eigenvalue weighted by atomic mass is 9.98. The Balaban J connectivity index is 2.32. The van der Waals surface area contributed by atoms with Gasteiger partial charge < -0.3 is 9.53 Å². The fourth-order valence-corrected chi connectivity index (χ4v) is 1.13. The third kappa shape index (κ3) is 1.67. The lowest BCUT2D eigenvalue weighted by Crippen LogP contribution is -2.02. The van der Waals surface area contributed by atoms with Crippen LogP contribution in [0.2, 0.25) is 0 Å². The smallest absolute Gasteiger partial charge is 0.124 e. The van der Waals surface area contributed by atoms with Crippen LogP contribution < -0.4 is 0 Å². The highest BCUT2D eigenvalue weighted by Crippen LogP contribution is 2.21. The molecule has 1 saturated heterocycles. The molecule has 0 amide bonds. The minimum atomic E-state index is 0.435. The Morgan fingerprint density at radius 1 is 1.80 bits per heavy atom. The molecule has 56 valence electrons. The van der Waals surface area contributed by atoms with E-state index < -0.39 is 0 Å². The summed E-state index contributed by atoms with van der Waals surface area (Å²) in [5.74, 6) is 0.435. The van der Waals surface area contributed by atoms with Gasteiger partial charge in [0.15, 0.2) is 0 Å². The Hall–Kier alpha value is -0.630. The first-order valence-corrected chi connectivity index (χ1v) is 3.53. The number of carbonyl (C=O) groups is 1. The van der Waals surface area contributed by atoms with Gasteiger partial charge in [-0.1, -0.05) is 12.2 Å². The summed E-state index contributed by atoms with van der Waals surface area (Å²) in [6.45, 7) is 5.39. The molecule has 0 aliphatic carbocycles. The van der Waals surface area contributed by atoms with Gasteiger partial charge in [-0.3, -0.25) is 0 Å². The van der Waals surface area contributed by atoms with Crippen molar-refractivity contribution in [2.24, 2.45) is 5.92 Å². The van der Waals surface area contributed by atoms with E-state index >= 15 is 0 Å². The van der Waals surface area contributed by atoms with E-state index in [1.807, 2.05) is 0 Å². The number of carbonyl (C=O) groups excluding carboxylic acids is 1. The third-order valence-electron chi connectivity index (χ3n) is 1.85. The minimum Gasteiger partial charge on any atom is -0.381 e. The molecule has 1 atom stereocenters. The molecule has 1 fully saturated rings. The first-order chi connectivity index (χ1) is 4.84. The van der Waals surface area contributed by atoms with E-state index in [1.54, 1.807) is 0 Å². The van der Waals surface area contributed by atoms with Crippen LogP contribution in [0, 0.1) is 5.92 Å². The molecule has 1 rings (SSSR count). The fraction of sp³-hybridized carbons (Fsp3) is 0.625. The SMILES string of the molecule is C=C(CC=O)C1CCOC1. The topological polar surface area (TPSA) is 26.3 Å². The van der Waals surface area contributed by atoms with E-state index in [2.05, 4.69) is 6.58 Å². The van der Waals surface area contributed by atoms with Gasteiger partial charge in [0.05, 0.1) is 6.61 Å². The van der Waals surface area contributed by atoms with Crippen molar-refractivity contribution >= 4 is 6.29 Å². The second kappa shape index (κ2) is 3.52. The van der Waals surface area contributed by atoms with Gasteiger partial charge in [-0.2, -0.15) is 0 Å². The van der Waals surface area contributed by atoms with Crippen LogP contribution in [0.5, 0.6) is 0 Å². The molecule has 0 aromatic heterocycles. The molecule has 0 spiro atoms. The summed E-state index contributed by atoms with van der Waals surface area (Å²) in [4.78, 5) is 10.1. The molecule has 1 aliphatic heterocycles. The van der Waals surface area contributed by atoms with Gasteiger partial charge in [0.1, 0.15) is 6.29 Å². The molecular weight excluding hydrogens is 128 g/mol. The fourth-order valence-electron chi connectivity index (χ4n) is 1.13. The first-order valence-electron chi connectivity index (χ1n) is 3.53. The maximum Gasteiger partial charge on any atom is 0.124 e. The van der Waals surface area contributed by atoms with E-state index in [0.717, 1.165) is 31.5 Å². The molecule has 0 radical (unpaired) electrons. The van der Waals surface area contributed by atoms with Crippen molar-refractivity contribution < 1.29 is 9.53 Å². The van der Waals surface area contributed by atoms with Crippen LogP contribution in [0.1, 0.15) is 12.8 Å². The largest absolute Gasteiger partial charge is 0.381 e. The quantitative estimate of drug-likeness (QED) is 0.434. The van der Waals surface area contributed by atoms with Crippen molar-refractivity contribution in [3.63, 3.8) is 0 Å². The second-order valence-corrected chi connectivity index (χ2v) is 2.59. The van der Waals surface area contributed by atoms with Gasteiger partial charge in [-0.05, 0) is 6.42 Å². The molecule has 2 heteroatoms. The molecule has 10 heavy (non-hydrogen) atoms. The van der Waals surface area contributed by atoms with Crippen LogP contribution in [0.4, 0.5) is 0 Å². The Bertz CT molecular complexity index is 134. The van der Waals surface area contributed by atoms with Gasteiger partial charge in [0.2, 0.25) is 0 Å². The summed E-state index contributed by atoms with van der Waals surface area (Å²) in [5.41, 5.74) is 1.02. The normalized spacial score (nSPS) is 24.6. The Morgan fingerprint density at radius 2 is 2.60 bits per heavy atom. The standard InChI is InChI=1S/C8H12O2/c1-7(2-4-9)8-3-5-10-6-8/h4,8H,1-3,5-6H2. The molecule has 0 N–H and O–H groups in total. The van der Waals surface area contributed by atoms with E-state index in [1.165, 1.54) is 0 Å². The molecule has 2 nitrogen and oxygen atoms in total. The van der Waals surface area contributed by atoms with Crippen LogP contribution in [0.15, 0.2) is 12.2 Å². The maximum absolute atomic E-state index is 10.1. The Kier molecular flexibility index (Phi) is 2.63. The van der Waals surface area contributed by atoms with Crippen LogP contribution in [-0.2, 0) is 9.53 Å². The van der Waals surface area contributed by atoms with Crippen LogP contribution in [0.3, 0.4) is 0 Å². The molecule has 0 bridgehead atoms. The van der Waals surface area contributed by atoms with Crippen LogP contribution in [-0.4, -0.2) is 19.5 Å². The molecule has 0 aromatic carbocycles. The highest BCUT2D eigenvalue weighted by Gasteiger charge is 2.17. The maximum atomic E-state index is 10.1. The molecule has 0 saturated carbocycles. The summed E-state index contributed by atoms with van der Waals surface area (Å²) in [7, 11) is 0. The van der Waals surface area contributed by atoms with E-state index in [0.29, 0.717) is 12.3 Å².